The summed E-state index contributed by atoms with van der Waals surface area (Å²) in [6.07, 6.45) is 6.46. The summed E-state index contributed by atoms with van der Waals surface area (Å²) in [6, 6.07) is 9.86. The molecular weight excluding hydrogens is 344 g/mol. The normalized spacial score (nSPS) is 23.1. The average molecular weight is 366 g/mol. The largest absolute Gasteiger partial charge is 0.456 e. The number of carbonyl (C=O) groups excluding carboxylic acids is 2. The minimum absolute atomic E-state index is 0.0600. The number of benzene rings is 1. The van der Waals surface area contributed by atoms with Gasteiger partial charge in [0.15, 0.2) is 0 Å². The topological polar surface area (TPSA) is 92.3 Å². The molecule has 1 aromatic heterocycles. The molecule has 1 aromatic carbocycles. The molecule has 3 heterocycles. The Morgan fingerprint density at radius 2 is 1.96 bits per heavy atom. The van der Waals surface area contributed by atoms with Crippen LogP contribution in [0.25, 0.3) is 0 Å². The van der Waals surface area contributed by atoms with Crippen LogP contribution in [0.5, 0.6) is 11.5 Å². The number of rotatable bonds is 5. The zero-order chi connectivity index (χ0) is 18.8. The third-order valence-electron chi connectivity index (χ3n) is 5.00. The number of pyridine rings is 1. The smallest absolute Gasteiger partial charge is 0.251 e. The molecule has 4 rings (SSSR count). The summed E-state index contributed by atoms with van der Waals surface area (Å²) < 4.78 is 5.75. The van der Waals surface area contributed by atoms with E-state index in [0.717, 1.165) is 12.8 Å². The minimum atomic E-state index is -0.171. The van der Waals surface area contributed by atoms with Crippen molar-refractivity contribution >= 4 is 17.5 Å². The molecule has 0 aliphatic carbocycles. The van der Waals surface area contributed by atoms with Gasteiger partial charge >= 0.3 is 0 Å². The van der Waals surface area contributed by atoms with E-state index in [0.29, 0.717) is 34.8 Å². The highest BCUT2D eigenvalue weighted by atomic mass is 16.5. The second-order valence-electron chi connectivity index (χ2n) is 7.08. The number of aromatic nitrogens is 1. The molecule has 3 unspecified atom stereocenters. The fourth-order valence-electron chi connectivity index (χ4n) is 3.79. The van der Waals surface area contributed by atoms with Crippen molar-refractivity contribution in [3.8, 4) is 11.5 Å². The van der Waals surface area contributed by atoms with Gasteiger partial charge in [0.05, 0.1) is 18.1 Å². The molecule has 2 bridgehead atoms. The molecule has 140 valence electrons. The van der Waals surface area contributed by atoms with Crippen LogP contribution in [0, 0.1) is 0 Å². The quantitative estimate of drug-likeness (QED) is 0.756. The predicted octanol–water partition coefficient (Wildman–Crippen LogP) is 2.46. The molecule has 7 heteroatoms. The van der Waals surface area contributed by atoms with E-state index in [1.165, 1.54) is 13.3 Å². The maximum Gasteiger partial charge on any atom is 0.251 e. The number of hydrogen-bond donors (Lipinski definition) is 3. The van der Waals surface area contributed by atoms with Crippen molar-refractivity contribution in [2.24, 2.45) is 0 Å². The molecule has 3 atom stereocenters. The lowest BCUT2D eigenvalue weighted by Crippen LogP contribution is -2.42. The van der Waals surface area contributed by atoms with Crippen molar-refractivity contribution in [1.82, 2.24) is 15.6 Å². The lowest BCUT2D eigenvalue weighted by atomic mass is 9.95. The van der Waals surface area contributed by atoms with Gasteiger partial charge in [0.2, 0.25) is 5.91 Å². The molecule has 0 spiro atoms. The molecule has 0 radical (unpaired) electrons. The molecule has 0 saturated carbocycles. The van der Waals surface area contributed by atoms with Crippen LogP contribution in [0.3, 0.4) is 0 Å². The lowest BCUT2D eigenvalue weighted by molar-refractivity contribution is -0.114. The molecule has 3 N–H and O–H groups in total. The van der Waals surface area contributed by atoms with Gasteiger partial charge in [-0.15, -0.1) is 0 Å². The second kappa shape index (κ2) is 7.36. The number of fused-ring (bicyclic) bond motifs is 2. The SMILES string of the molecule is CC(=O)Nc1cncc(Oc2ccc(C(=O)NC3CC4CCC3N4)cc2)c1. The highest BCUT2D eigenvalue weighted by Crippen LogP contribution is 2.28. The molecule has 7 nitrogen and oxygen atoms in total. The van der Waals surface area contributed by atoms with Crippen LogP contribution in [-0.4, -0.2) is 34.9 Å². The third kappa shape index (κ3) is 4.09. The number of nitrogens with zero attached hydrogens (tertiary/aromatic N) is 1. The maximum absolute atomic E-state index is 12.5. The zero-order valence-electron chi connectivity index (χ0n) is 15.1. The van der Waals surface area contributed by atoms with Gasteiger partial charge in [-0.25, -0.2) is 0 Å². The molecule has 2 fully saturated rings. The predicted molar refractivity (Wildman–Crippen MR) is 101 cm³/mol. The van der Waals surface area contributed by atoms with E-state index < -0.39 is 0 Å². The molecule has 2 saturated heterocycles. The molecular formula is C20H22N4O3. The Labute approximate surface area is 157 Å². The first-order valence-corrected chi connectivity index (χ1v) is 9.14. The average Bonchev–Trinajstić information content (AvgIpc) is 3.25. The highest BCUT2D eigenvalue weighted by molar-refractivity contribution is 5.94. The first kappa shape index (κ1) is 17.5. The number of hydrogen-bond acceptors (Lipinski definition) is 5. The molecule has 2 amide bonds. The maximum atomic E-state index is 12.5. The third-order valence-corrected chi connectivity index (χ3v) is 5.00. The lowest BCUT2D eigenvalue weighted by Gasteiger charge is -2.21. The fraction of sp³-hybridized carbons (Fsp3) is 0.350. The Kier molecular flexibility index (Phi) is 4.77. The number of carbonyl (C=O) groups is 2. The Morgan fingerprint density at radius 1 is 1.15 bits per heavy atom. The van der Waals surface area contributed by atoms with E-state index in [9.17, 15) is 9.59 Å². The summed E-state index contributed by atoms with van der Waals surface area (Å²) in [5.74, 6) is 0.867. The summed E-state index contributed by atoms with van der Waals surface area (Å²) in [4.78, 5) is 27.6. The van der Waals surface area contributed by atoms with E-state index >= 15 is 0 Å². The van der Waals surface area contributed by atoms with Crippen molar-refractivity contribution < 1.29 is 14.3 Å². The van der Waals surface area contributed by atoms with Crippen LogP contribution < -0.4 is 20.7 Å². The highest BCUT2D eigenvalue weighted by Gasteiger charge is 2.39. The van der Waals surface area contributed by atoms with Crippen LogP contribution in [0.2, 0.25) is 0 Å². The van der Waals surface area contributed by atoms with Gasteiger partial charge in [0.25, 0.3) is 5.91 Å². The van der Waals surface area contributed by atoms with Crippen LogP contribution in [0.15, 0.2) is 42.7 Å². The Hall–Kier alpha value is -2.93. The van der Waals surface area contributed by atoms with Gasteiger partial charge in [-0.3, -0.25) is 14.6 Å². The summed E-state index contributed by atoms with van der Waals surface area (Å²) in [7, 11) is 0. The summed E-state index contributed by atoms with van der Waals surface area (Å²) in [5.41, 5.74) is 1.17. The van der Waals surface area contributed by atoms with Gasteiger partial charge < -0.3 is 20.7 Å². The number of anilines is 1. The van der Waals surface area contributed by atoms with E-state index in [4.69, 9.17) is 4.74 Å². The van der Waals surface area contributed by atoms with Crippen molar-refractivity contribution in [1.29, 1.82) is 0 Å². The van der Waals surface area contributed by atoms with Crippen molar-refractivity contribution in [2.75, 3.05) is 5.32 Å². The molecule has 2 aliphatic heterocycles. The zero-order valence-corrected chi connectivity index (χ0v) is 15.1. The Balaban J connectivity index is 1.37. The van der Waals surface area contributed by atoms with E-state index in [1.54, 1.807) is 42.7 Å². The van der Waals surface area contributed by atoms with Gasteiger partial charge in [-0.05, 0) is 43.5 Å². The minimum Gasteiger partial charge on any atom is -0.456 e. The molecule has 2 aliphatic rings. The van der Waals surface area contributed by atoms with E-state index in [1.807, 2.05) is 0 Å². The first-order chi connectivity index (χ1) is 13.1. The van der Waals surface area contributed by atoms with E-state index in [-0.39, 0.29) is 17.9 Å². The van der Waals surface area contributed by atoms with Gasteiger partial charge in [-0.2, -0.15) is 0 Å². The van der Waals surface area contributed by atoms with Gasteiger partial charge in [0, 0.05) is 36.7 Å². The van der Waals surface area contributed by atoms with Gasteiger partial charge in [0.1, 0.15) is 11.5 Å². The van der Waals surface area contributed by atoms with Crippen molar-refractivity contribution in [2.45, 2.75) is 44.3 Å². The van der Waals surface area contributed by atoms with E-state index in [2.05, 4.69) is 20.9 Å². The van der Waals surface area contributed by atoms with Crippen LogP contribution in [0.1, 0.15) is 36.5 Å². The second-order valence-corrected chi connectivity index (χ2v) is 7.08. The van der Waals surface area contributed by atoms with Crippen LogP contribution >= 0.6 is 0 Å². The fourth-order valence-corrected chi connectivity index (χ4v) is 3.79. The number of amides is 2. The first-order valence-electron chi connectivity index (χ1n) is 9.14. The van der Waals surface area contributed by atoms with Crippen LogP contribution in [-0.2, 0) is 4.79 Å². The van der Waals surface area contributed by atoms with Crippen LogP contribution in [0.4, 0.5) is 5.69 Å². The van der Waals surface area contributed by atoms with Gasteiger partial charge in [-0.1, -0.05) is 0 Å². The molecule has 2 aromatic rings. The Bertz CT molecular complexity index is 853. The standard InChI is InChI=1S/C20H22N4O3/c1-12(25)22-15-8-17(11-21-10-15)27-16-5-2-13(3-6-16)20(26)24-19-9-14-4-7-18(19)23-14/h2-3,5-6,8,10-11,14,18-19,23H,4,7,9H2,1H3,(H,22,25)(H,24,26). The Morgan fingerprint density at radius 3 is 2.63 bits per heavy atom. The monoisotopic (exact) mass is 366 g/mol. The van der Waals surface area contributed by atoms with Crippen molar-refractivity contribution in [3.05, 3.63) is 48.3 Å². The summed E-state index contributed by atoms with van der Waals surface area (Å²) >= 11 is 0. The number of nitrogens with one attached hydrogen (secondary N) is 3. The summed E-state index contributed by atoms with van der Waals surface area (Å²) in [6.45, 7) is 1.43. The molecule has 27 heavy (non-hydrogen) atoms. The number of ether oxygens (including phenoxy) is 1. The van der Waals surface area contributed by atoms with Crippen molar-refractivity contribution in [3.63, 3.8) is 0 Å². The summed E-state index contributed by atoms with van der Waals surface area (Å²) in [5, 5.41) is 9.31.